The molecule has 2 nitrogen and oxygen atoms in total. The highest BCUT2D eigenvalue weighted by Gasteiger charge is 2.53. The third-order valence-corrected chi connectivity index (χ3v) is 4.74. The van der Waals surface area contributed by atoms with Crippen molar-refractivity contribution in [2.45, 2.75) is 52.4 Å². The largest absolute Gasteiger partial charge is 0.299 e. The second kappa shape index (κ2) is 3.73. The molecule has 2 aliphatic rings. The van der Waals surface area contributed by atoms with Crippen LogP contribution < -0.4 is 0 Å². The summed E-state index contributed by atoms with van der Waals surface area (Å²) >= 11 is 0. The fourth-order valence-electron chi connectivity index (χ4n) is 3.31. The molecule has 2 fully saturated rings. The first kappa shape index (κ1) is 10.8. The van der Waals surface area contributed by atoms with Gasteiger partial charge in [-0.1, -0.05) is 26.7 Å². The van der Waals surface area contributed by atoms with Crippen LogP contribution in [0.25, 0.3) is 0 Å². The number of fused-ring (bicyclic) bond motifs is 1. The van der Waals surface area contributed by atoms with E-state index < -0.39 is 0 Å². The second-order valence-electron chi connectivity index (χ2n) is 5.39. The van der Waals surface area contributed by atoms with Crippen LogP contribution in [0, 0.1) is 17.3 Å². The first-order valence-corrected chi connectivity index (χ1v) is 6.13. The van der Waals surface area contributed by atoms with Crippen molar-refractivity contribution in [2.75, 3.05) is 0 Å². The van der Waals surface area contributed by atoms with Gasteiger partial charge >= 0.3 is 0 Å². The lowest BCUT2D eigenvalue weighted by Crippen LogP contribution is -2.38. The Kier molecular flexibility index (Phi) is 2.70. The zero-order chi connectivity index (χ0) is 11.1. The normalized spacial score (nSPS) is 42.3. The summed E-state index contributed by atoms with van der Waals surface area (Å²) in [6.45, 7) is 3.97. The number of Topliss-reactive ketones (excluding diaryl/α,β-unsaturated/α-hetero) is 2. The van der Waals surface area contributed by atoms with Gasteiger partial charge < -0.3 is 0 Å². The maximum atomic E-state index is 12.2. The Balaban J connectivity index is 2.31. The van der Waals surface area contributed by atoms with Crippen LogP contribution in [0.2, 0.25) is 0 Å². The van der Waals surface area contributed by atoms with Gasteiger partial charge in [-0.2, -0.15) is 0 Å². The summed E-state index contributed by atoms with van der Waals surface area (Å²) in [5.41, 5.74) is -0.336. The van der Waals surface area contributed by atoms with E-state index in [9.17, 15) is 9.59 Å². The Bertz CT molecular complexity index is 295. The maximum Gasteiger partial charge on any atom is 0.139 e. The Morgan fingerprint density at radius 3 is 2.67 bits per heavy atom. The summed E-state index contributed by atoms with van der Waals surface area (Å²) in [7, 11) is 0. The zero-order valence-electron chi connectivity index (χ0n) is 9.71. The molecular formula is C13H20O2. The van der Waals surface area contributed by atoms with E-state index in [1.807, 2.05) is 13.8 Å². The first-order valence-electron chi connectivity index (χ1n) is 6.13. The lowest BCUT2D eigenvalue weighted by Gasteiger charge is -2.34. The van der Waals surface area contributed by atoms with Gasteiger partial charge in [0.2, 0.25) is 0 Å². The molecule has 0 aromatic heterocycles. The Hall–Kier alpha value is -0.660. The number of carbonyl (C=O) groups excluding carboxylic acids is 2. The highest BCUT2D eigenvalue weighted by molar-refractivity contribution is 5.96. The average Bonchev–Trinajstić information content (AvgIpc) is 2.41. The molecule has 0 aliphatic heterocycles. The molecular weight excluding hydrogens is 188 g/mol. The van der Waals surface area contributed by atoms with Crippen LogP contribution in [0.4, 0.5) is 0 Å². The molecule has 15 heavy (non-hydrogen) atoms. The fraction of sp³-hybridized carbons (Fsp3) is 0.846. The summed E-state index contributed by atoms with van der Waals surface area (Å²) in [5, 5.41) is 0. The number of hydrogen-bond acceptors (Lipinski definition) is 2. The molecule has 0 saturated heterocycles. The van der Waals surface area contributed by atoms with Gasteiger partial charge in [-0.25, -0.2) is 0 Å². The molecule has 0 bridgehead atoms. The van der Waals surface area contributed by atoms with Crippen molar-refractivity contribution in [1.29, 1.82) is 0 Å². The van der Waals surface area contributed by atoms with Crippen molar-refractivity contribution in [3.05, 3.63) is 0 Å². The molecule has 2 aliphatic carbocycles. The molecule has 2 heteroatoms. The molecule has 0 aromatic carbocycles. The Morgan fingerprint density at radius 1 is 1.20 bits per heavy atom. The predicted molar refractivity (Wildman–Crippen MR) is 58.5 cm³/mol. The van der Waals surface area contributed by atoms with Crippen LogP contribution in [-0.2, 0) is 9.59 Å². The number of rotatable bonds is 0. The second-order valence-corrected chi connectivity index (χ2v) is 5.39. The molecule has 0 radical (unpaired) electrons. The van der Waals surface area contributed by atoms with Gasteiger partial charge in [0, 0.05) is 24.2 Å². The topological polar surface area (TPSA) is 34.1 Å². The lowest BCUT2D eigenvalue weighted by atomic mass is 9.67. The van der Waals surface area contributed by atoms with Crippen LogP contribution in [-0.4, -0.2) is 11.6 Å². The monoisotopic (exact) mass is 208 g/mol. The first-order chi connectivity index (χ1) is 7.06. The minimum atomic E-state index is -0.336. The Morgan fingerprint density at radius 2 is 1.93 bits per heavy atom. The molecule has 0 unspecified atom stereocenters. The van der Waals surface area contributed by atoms with E-state index in [1.54, 1.807) is 0 Å². The highest BCUT2D eigenvalue weighted by Crippen LogP contribution is 2.50. The van der Waals surface area contributed by atoms with Crippen molar-refractivity contribution < 1.29 is 9.59 Å². The average molecular weight is 208 g/mol. The number of ketones is 2. The van der Waals surface area contributed by atoms with Crippen molar-refractivity contribution in [2.24, 2.45) is 17.3 Å². The molecule has 0 aromatic rings. The zero-order valence-corrected chi connectivity index (χ0v) is 9.71. The molecule has 2 rings (SSSR count). The summed E-state index contributed by atoms with van der Waals surface area (Å²) in [6, 6.07) is 0. The van der Waals surface area contributed by atoms with Gasteiger partial charge in [0.15, 0.2) is 0 Å². The van der Waals surface area contributed by atoms with Gasteiger partial charge in [0.05, 0.1) is 0 Å². The van der Waals surface area contributed by atoms with E-state index in [-0.39, 0.29) is 11.3 Å². The maximum absolute atomic E-state index is 12.2. The van der Waals surface area contributed by atoms with E-state index in [1.165, 1.54) is 6.42 Å². The number of carbonyl (C=O) groups is 2. The molecule has 2 saturated carbocycles. The van der Waals surface area contributed by atoms with E-state index in [0.717, 1.165) is 19.3 Å². The standard InChI is InChI=1S/C13H20O2/c1-9-11(14)8-10-6-4-3-5-7-12(15)13(9,10)2/h9-10H,3-8H2,1-2H3/t9-,10+,13-/m0/s1. The lowest BCUT2D eigenvalue weighted by molar-refractivity contribution is -0.135. The molecule has 0 heterocycles. The van der Waals surface area contributed by atoms with Gasteiger partial charge in [0.25, 0.3) is 0 Å². The third-order valence-electron chi connectivity index (χ3n) is 4.74. The van der Waals surface area contributed by atoms with Gasteiger partial charge in [0.1, 0.15) is 11.6 Å². The van der Waals surface area contributed by atoms with Crippen LogP contribution in [0.3, 0.4) is 0 Å². The smallest absolute Gasteiger partial charge is 0.139 e. The van der Waals surface area contributed by atoms with Crippen molar-refractivity contribution in [1.82, 2.24) is 0 Å². The van der Waals surface area contributed by atoms with Crippen LogP contribution in [0.5, 0.6) is 0 Å². The molecule has 3 atom stereocenters. The van der Waals surface area contributed by atoms with Crippen LogP contribution >= 0.6 is 0 Å². The molecule has 84 valence electrons. The van der Waals surface area contributed by atoms with E-state index in [0.29, 0.717) is 30.3 Å². The quantitative estimate of drug-likeness (QED) is 0.613. The molecule has 0 spiro atoms. The number of hydrogen-bond donors (Lipinski definition) is 0. The van der Waals surface area contributed by atoms with Crippen molar-refractivity contribution in [3.63, 3.8) is 0 Å². The van der Waals surface area contributed by atoms with Gasteiger partial charge in [-0.05, 0) is 18.8 Å². The van der Waals surface area contributed by atoms with Gasteiger partial charge in [-0.15, -0.1) is 0 Å². The summed E-state index contributed by atoms with van der Waals surface area (Å²) in [4.78, 5) is 23.9. The van der Waals surface area contributed by atoms with Crippen LogP contribution in [0.15, 0.2) is 0 Å². The Labute approximate surface area is 91.4 Å². The summed E-state index contributed by atoms with van der Waals surface area (Å²) < 4.78 is 0. The molecule has 0 N–H and O–H groups in total. The minimum absolute atomic E-state index is 0.0481. The molecule has 0 amide bonds. The van der Waals surface area contributed by atoms with E-state index in [2.05, 4.69) is 0 Å². The minimum Gasteiger partial charge on any atom is -0.299 e. The van der Waals surface area contributed by atoms with Crippen molar-refractivity contribution >= 4 is 11.6 Å². The highest BCUT2D eigenvalue weighted by atomic mass is 16.1. The summed E-state index contributed by atoms with van der Waals surface area (Å²) in [6.07, 6.45) is 5.75. The van der Waals surface area contributed by atoms with E-state index >= 15 is 0 Å². The van der Waals surface area contributed by atoms with Crippen LogP contribution in [0.1, 0.15) is 52.4 Å². The summed E-state index contributed by atoms with van der Waals surface area (Å²) in [5.74, 6) is 0.921. The fourth-order valence-corrected chi connectivity index (χ4v) is 3.31. The van der Waals surface area contributed by atoms with Gasteiger partial charge in [-0.3, -0.25) is 9.59 Å². The SMILES string of the molecule is C[C@H]1C(=O)C[C@H]2CCCCCC(=O)[C@]21C. The van der Waals surface area contributed by atoms with Crippen molar-refractivity contribution in [3.8, 4) is 0 Å². The predicted octanol–water partition coefficient (Wildman–Crippen LogP) is 2.75. The van der Waals surface area contributed by atoms with E-state index in [4.69, 9.17) is 0 Å². The third kappa shape index (κ3) is 1.54.